The van der Waals surface area contributed by atoms with Gasteiger partial charge in [-0.1, -0.05) is 46.3 Å². The SMILES string of the molecule is CC1(C)CN([C@@H](c2cccc3cccc(Br)c23)C(F)(F)F)NC1=O. The molecule has 0 bridgehead atoms. The maximum absolute atomic E-state index is 13.9. The van der Waals surface area contributed by atoms with Gasteiger partial charge in [-0.15, -0.1) is 0 Å². The lowest BCUT2D eigenvalue weighted by Gasteiger charge is -2.30. The Bertz CT molecular complexity index is 799. The topological polar surface area (TPSA) is 32.3 Å². The fourth-order valence-electron chi connectivity index (χ4n) is 3.05. The summed E-state index contributed by atoms with van der Waals surface area (Å²) in [6, 6.07) is 8.18. The zero-order chi connectivity index (χ0) is 17.7. The number of hydrogen-bond donors (Lipinski definition) is 1. The van der Waals surface area contributed by atoms with Crippen molar-refractivity contribution in [3.8, 4) is 0 Å². The Morgan fingerprint density at radius 2 is 1.83 bits per heavy atom. The van der Waals surface area contributed by atoms with Crippen molar-refractivity contribution in [2.24, 2.45) is 5.41 Å². The molecule has 1 N–H and O–H groups in total. The van der Waals surface area contributed by atoms with Crippen LogP contribution < -0.4 is 5.43 Å². The van der Waals surface area contributed by atoms with Gasteiger partial charge in [-0.2, -0.15) is 13.2 Å². The molecule has 1 atom stereocenters. The molecular weight excluding hydrogens is 385 g/mol. The molecule has 24 heavy (non-hydrogen) atoms. The van der Waals surface area contributed by atoms with E-state index in [0.717, 1.165) is 5.01 Å². The molecule has 1 fully saturated rings. The first kappa shape index (κ1) is 17.2. The number of hydrogen-bond acceptors (Lipinski definition) is 2. The first-order valence-corrected chi connectivity index (χ1v) is 8.22. The molecule has 1 heterocycles. The predicted molar refractivity (Wildman–Crippen MR) is 89.1 cm³/mol. The van der Waals surface area contributed by atoms with Crippen LogP contribution in [0.5, 0.6) is 0 Å². The number of carbonyl (C=O) groups excluding carboxylic acids is 1. The van der Waals surface area contributed by atoms with Crippen LogP contribution in [-0.2, 0) is 4.79 Å². The minimum Gasteiger partial charge on any atom is -0.287 e. The molecule has 0 radical (unpaired) electrons. The van der Waals surface area contributed by atoms with E-state index in [1.54, 1.807) is 44.2 Å². The number of hydrazine groups is 1. The number of fused-ring (bicyclic) bond motifs is 1. The first-order valence-electron chi connectivity index (χ1n) is 7.43. The Labute approximate surface area is 145 Å². The summed E-state index contributed by atoms with van der Waals surface area (Å²) in [5.41, 5.74) is 1.64. The van der Waals surface area contributed by atoms with Crippen LogP contribution in [0.2, 0.25) is 0 Å². The van der Waals surface area contributed by atoms with Gasteiger partial charge >= 0.3 is 6.18 Å². The Morgan fingerprint density at radius 3 is 2.38 bits per heavy atom. The van der Waals surface area contributed by atoms with Crippen molar-refractivity contribution in [2.75, 3.05) is 6.54 Å². The van der Waals surface area contributed by atoms with Gasteiger partial charge in [0.05, 0.1) is 5.41 Å². The zero-order valence-electron chi connectivity index (χ0n) is 13.1. The third-order valence-electron chi connectivity index (χ3n) is 4.23. The Kier molecular flexibility index (Phi) is 4.12. The van der Waals surface area contributed by atoms with E-state index in [1.807, 2.05) is 0 Å². The first-order chi connectivity index (χ1) is 11.1. The Morgan fingerprint density at radius 1 is 1.21 bits per heavy atom. The van der Waals surface area contributed by atoms with Crippen molar-refractivity contribution in [1.29, 1.82) is 0 Å². The molecule has 1 saturated heterocycles. The summed E-state index contributed by atoms with van der Waals surface area (Å²) in [6.07, 6.45) is -4.53. The highest BCUT2D eigenvalue weighted by molar-refractivity contribution is 9.10. The van der Waals surface area contributed by atoms with Gasteiger partial charge in [-0.25, -0.2) is 5.01 Å². The number of carbonyl (C=O) groups is 1. The molecule has 0 spiro atoms. The lowest BCUT2D eigenvalue weighted by molar-refractivity contribution is -0.191. The monoisotopic (exact) mass is 400 g/mol. The lowest BCUT2D eigenvalue weighted by atomic mass is 9.93. The van der Waals surface area contributed by atoms with Crippen LogP contribution in [0.1, 0.15) is 25.5 Å². The lowest BCUT2D eigenvalue weighted by Crippen LogP contribution is -2.43. The predicted octanol–water partition coefficient (Wildman–Crippen LogP) is 4.58. The Balaban J connectivity index is 2.18. The number of alkyl halides is 3. The highest BCUT2D eigenvalue weighted by atomic mass is 79.9. The van der Waals surface area contributed by atoms with Crippen LogP contribution >= 0.6 is 15.9 Å². The van der Waals surface area contributed by atoms with E-state index in [4.69, 9.17) is 0 Å². The summed E-state index contributed by atoms with van der Waals surface area (Å²) in [7, 11) is 0. The number of amides is 1. The second-order valence-electron chi connectivity index (χ2n) is 6.58. The molecule has 2 aromatic carbocycles. The molecule has 7 heteroatoms. The highest BCUT2D eigenvalue weighted by Crippen LogP contribution is 2.44. The molecule has 1 aliphatic rings. The average molecular weight is 401 g/mol. The van der Waals surface area contributed by atoms with Gasteiger partial charge in [-0.3, -0.25) is 10.2 Å². The fourth-order valence-corrected chi connectivity index (χ4v) is 3.66. The van der Waals surface area contributed by atoms with Crippen LogP contribution in [0.3, 0.4) is 0 Å². The molecule has 3 rings (SSSR count). The van der Waals surface area contributed by atoms with Crippen molar-refractivity contribution in [2.45, 2.75) is 26.1 Å². The molecule has 0 saturated carbocycles. The van der Waals surface area contributed by atoms with Crippen LogP contribution in [0.4, 0.5) is 13.2 Å². The van der Waals surface area contributed by atoms with E-state index in [9.17, 15) is 18.0 Å². The van der Waals surface area contributed by atoms with E-state index in [-0.39, 0.29) is 12.1 Å². The van der Waals surface area contributed by atoms with Gasteiger partial charge in [0.2, 0.25) is 5.91 Å². The van der Waals surface area contributed by atoms with Crippen molar-refractivity contribution < 1.29 is 18.0 Å². The third kappa shape index (κ3) is 2.91. The van der Waals surface area contributed by atoms with Crippen LogP contribution in [-0.4, -0.2) is 23.6 Å². The Hall–Kier alpha value is -1.60. The van der Waals surface area contributed by atoms with Gasteiger partial charge in [0.25, 0.3) is 0 Å². The van der Waals surface area contributed by atoms with Crippen molar-refractivity contribution in [3.05, 3.63) is 46.4 Å². The van der Waals surface area contributed by atoms with E-state index >= 15 is 0 Å². The number of rotatable bonds is 2. The summed E-state index contributed by atoms with van der Waals surface area (Å²) < 4.78 is 42.3. The molecule has 1 amide bonds. The molecular formula is C17H16BrF3N2O. The van der Waals surface area contributed by atoms with Crippen molar-refractivity contribution >= 4 is 32.6 Å². The number of halogens is 4. The number of nitrogens with one attached hydrogen (secondary N) is 1. The summed E-state index contributed by atoms with van der Waals surface area (Å²) in [4.78, 5) is 12.0. The normalized spacial score (nSPS) is 19.5. The number of nitrogens with zero attached hydrogens (tertiary/aromatic N) is 1. The van der Waals surface area contributed by atoms with Crippen molar-refractivity contribution in [3.63, 3.8) is 0 Å². The number of benzene rings is 2. The second kappa shape index (κ2) is 5.74. The zero-order valence-corrected chi connectivity index (χ0v) is 14.7. The van der Waals surface area contributed by atoms with Gasteiger partial charge in [0.15, 0.2) is 6.04 Å². The second-order valence-corrected chi connectivity index (χ2v) is 7.44. The minimum atomic E-state index is -4.53. The minimum absolute atomic E-state index is 0.0170. The quantitative estimate of drug-likeness (QED) is 0.799. The summed E-state index contributed by atoms with van der Waals surface area (Å²) in [5, 5.41) is 2.21. The molecule has 0 aliphatic carbocycles. The fraction of sp³-hybridized carbons (Fsp3) is 0.353. The van der Waals surface area contributed by atoms with Crippen molar-refractivity contribution in [1.82, 2.24) is 10.4 Å². The van der Waals surface area contributed by atoms with Crippen LogP contribution in [0.15, 0.2) is 40.9 Å². The van der Waals surface area contributed by atoms with Gasteiger partial charge < -0.3 is 0 Å². The third-order valence-corrected chi connectivity index (χ3v) is 4.89. The highest BCUT2D eigenvalue weighted by Gasteiger charge is 2.51. The van der Waals surface area contributed by atoms with Gasteiger partial charge in [0, 0.05) is 16.4 Å². The maximum atomic E-state index is 13.9. The van der Waals surface area contributed by atoms with E-state index in [0.29, 0.717) is 15.2 Å². The average Bonchev–Trinajstić information content (AvgIpc) is 2.71. The summed E-state index contributed by atoms with van der Waals surface area (Å²) in [6.45, 7) is 3.25. The largest absolute Gasteiger partial charge is 0.409 e. The van der Waals surface area contributed by atoms with E-state index < -0.39 is 23.5 Å². The van der Waals surface area contributed by atoms with Crippen LogP contribution in [0, 0.1) is 5.41 Å². The van der Waals surface area contributed by atoms with Gasteiger partial charge in [0.1, 0.15) is 0 Å². The molecule has 2 aromatic rings. The molecule has 0 aromatic heterocycles. The van der Waals surface area contributed by atoms with E-state index in [1.165, 1.54) is 6.07 Å². The maximum Gasteiger partial charge on any atom is 0.409 e. The molecule has 1 aliphatic heterocycles. The summed E-state index contributed by atoms with van der Waals surface area (Å²) in [5.74, 6) is -0.406. The van der Waals surface area contributed by atoms with Crippen LogP contribution in [0.25, 0.3) is 10.8 Å². The molecule has 3 nitrogen and oxygen atoms in total. The molecule has 0 unspecified atom stereocenters. The molecule has 128 valence electrons. The van der Waals surface area contributed by atoms with E-state index in [2.05, 4.69) is 21.4 Å². The summed E-state index contributed by atoms with van der Waals surface area (Å²) >= 11 is 3.35. The van der Waals surface area contributed by atoms with Gasteiger partial charge in [-0.05, 0) is 30.9 Å². The standard InChI is InChI=1S/C17H16BrF3N2O/c1-16(2)9-23(22-15(16)24)14(17(19,20)21)11-7-3-5-10-6-4-8-12(18)13(10)11/h3-8,14H,9H2,1-2H3,(H,22,24)/t14-/m0/s1. The smallest absolute Gasteiger partial charge is 0.287 e.